The van der Waals surface area contributed by atoms with E-state index in [4.69, 9.17) is 0 Å². The Morgan fingerprint density at radius 2 is 1.97 bits per heavy atom. The first-order chi connectivity index (χ1) is 15.9. The van der Waals surface area contributed by atoms with Gasteiger partial charge in [-0.3, -0.25) is 19.4 Å². The number of aldehydes is 1. The summed E-state index contributed by atoms with van der Waals surface area (Å²) in [5.74, 6) is -2.81. The Balaban J connectivity index is 1.75. The first kappa shape index (κ1) is 22.0. The molecular weight excluding hydrogens is 431 g/mol. The van der Waals surface area contributed by atoms with Crippen LogP contribution in [0.2, 0.25) is 0 Å². The standard InChI is InChI=1S/C23H19FN4O5/c24-15-5-6-18-19(11-15)28(20(31)13-30)12-17(23(33)27(18)9-10-29)26-22(32)21-16-4-2-1-3-14(16)7-8-25-21/h1-8,10-11,17,30H,9,12-13H2,(H,26,32)/t17-/m0/s1. The smallest absolute Gasteiger partial charge is 0.271 e. The number of rotatable bonds is 5. The van der Waals surface area contributed by atoms with Crippen molar-refractivity contribution in [3.8, 4) is 0 Å². The number of fused-ring (bicyclic) bond motifs is 2. The van der Waals surface area contributed by atoms with Gasteiger partial charge in [-0.15, -0.1) is 0 Å². The molecule has 33 heavy (non-hydrogen) atoms. The molecule has 9 nitrogen and oxygen atoms in total. The van der Waals surface area contributed by atoms with Crippen molar-refractivity contribution in [1.29, 1.82) is 0 Å². The Morgan fingerprint density at radius 1 is 1.18 bits per heavy atom. The summed E-state index contributed by atoms with van der Waals surface area (Å²) in [5, 5.41) is 13.4. The van der Waals surface area contributed by atoms with Crippen LogP contribution in [0.4, 0.5) is 15.8 Å². The minimum atomic E-state index is -1.29. The van der Waals surface area contributed by atoms with Crippen molar-refractivity contribution in [1.82, 2.24) is 10.3 Å². The van der Waals surface area contributed by atoms with Gasteiger partial charge in [0.05, 0.1) is 24.5 Å². The molecule has 2 heterocycles. The Kier molecular flexibility index (Phi) is 6.09. The van der Waals surface area contributed by atoms with Gasteiger partial charge >= 0.3 is 0 Å². The zero-order chi connectivity index (χ0) is 23.5. The van der Waals surface area contributed by atoms with Gasteiger partial charge in [-0.2, -0.15) is 0 Å². The number of nitrogens with zero attached hydrogens (tertiary/aromatic N) is 3. The van der Waals surface area contributed by atoms with E-state index >= 15 is 0 Å². The van der Waals surface area contributed by atoms with Crippen molar-refractivity contribution < 1.29 is 28.7 Å². The number of aromatic nitrogens is 1. The van der Waals surface area contributed by atoms with Crippen LogP contribution in [0, 0.1) is 5.82 Å². The fraction of sp³-hybridized carbons (Fsp3) is 0.174. The van der Waals surface area contributed by atoms with E-state index in [9.17, 15) is 28.7 Å². The summed E-state index contributed by atoms with van der Waals surface area (Å²) in [6.07, 6.45) is 1.95. The molecule has 0 saturated heterocycles. The van der Waals surface area contributed by atoms with Crippen molar-refractivity contribution in [2.45, 2.75) is 6.04 Å². The molecule has 0 fully saturated rings. The predicted molar refractivity (Wildman–Crippen MR) is 117 cm³/mol. The Bertz CT molecular complexity index is 1260. The highest BCUT2D eigenvalue weighted by molar-refractivity contribution is 6.11. The number of anilines is 2. The van der Waals surface area contributed by atoms with E-state index in [2.05, 4.69) is 10.3 Å². The van der Waals surface area contributed by atoms with E-state index in [1.54, 1.807) is 18.2 Å². The van der Waals surface area contributed by atoms with E-state index < -0.39 is 36.2 Å². The lowest BCUT2D eigenvalue weighted by Gasteiger charge is -2.24. The molecule has 2 N–H and O–H groups in total. The zero-order valence-corrected chi connectivity index (χ0v) is 17.3. The number of benzene rings is 2. The van der Waals surface area contributed by atoms with Crippen LogP contribution in [0.25, 0.3) is 10.8 Å². The van der Waals surface area contributed by atoms with Gasteiger partial charge < -0.3 is 25.0 Å². The number of aliphatic hydroxyl groups excluding tert-OH is 1. The fourth-order valence-electron chi connectivity index (χ4n) is 3.83. The lowest BCUT2D eigenvalue weighted by molar-refractivity contribution is -0.122. The Morgan fingerprint density at radius 3 is 2.73 bits per heavy atom. The second-order valence-corrected chi connectivity index (χ2v) is 7.32. The van der Waals surface area contributed by atoms with Crippen LogP contribution in [-0.2, 0) is 14.4 Å². The van der Waals surface area contributed by atoms with Crippen molar-refractivity contribution in [2.75, 3.05) is 29.5 Å². The lowest BCUT2D eigenvalue weighted by Crippen LogP contribution is -2.53. The Hall–Kier alpha value is -4.18. The molecule has 0 aliphatic carbocycles. The van der Waals surface area contributed by atoms with Crippen LogP contribution in [-0.4, -0.2) is 59.8 Å². The molecule has 0 spiro atoms. The molecule has 1 aromatic heterocycles. The summed E-state index contributed by atoms with van der Waals surface area (Å²) >= 11 is 0. The van der Waals surface area contributed by atoms with Gasteiger partial charge in [-0.05, 0) is 29.7 Å². The van der Waals surface area contributed by atoms with Crippen LogP contribution in [0.5, 0.6) is 0 Å². The number of pyridine rings is 1. The van der Waals surface area contributed by atoms with Gasteiger partial charge in [-0.1, -0.05) is 24.3 Å². The van der Waals surface area contributed by atoms with Crippen molar-refractivity contribution in [2.24, 2.45) is 0 Å². The molecule has 0 saturated carbocycles. The van der Waals surface area contributed by atoms with Crippen LogP contribution >= 0.6 is 0 Å². The van der Waals surface area contributed by atoms with Gasteiger partial charge in [-0.25, -0.2) is 4.39 Å². The molecule has 168 valence electrons. The third-order valence-electron chi connectivity index (χ3n) is 5.34. The molecular formula is C23H19FN4O5. The van der Waals surface area contributed by atoms with Gasteiger partial charge in [0.1, 0.15) is 30.4 Å². The number of halogens is 1. The van der Waals surface area contributed by atoms with Crippen LogP contribution in [0.15, 0.2) is 54.7 Å². The third-order valence-corrected chi connectivity index (χ3v) is 5.34. The van der Waals surface area contributed by atoms with Crippen molar-refractivity contribution in [3.63, 3.8) is 0 Å². The van der Waals surface area contributed by atoms with Gasteiger partial charge in [0.25, 0.3) is 17.7 Å². The molecule has 1 atom stereocenters. The minimum absolute atomic E-state index is 0.00397. The fourth-order valence-corrected chi connectivity index (χ4v) is 3.83. The molecule has 0 unspecified atom stereocenters. The summed E-state index contributed by atoms with van der Waals surface area (Å²) < 4.78 is 14.0. The first-order valence-corrected chi connectivity index (χ1v) is 10.0. The van der Waals surface area contributed by atoms with Gasteiger partial charge in [0.2, 0.25) is 0 Å². The topological polar surface area (TPSA) is 120 Å². The van der Waals surface area contributed by atoms with Crippen molar-refractivity contribution >= 4 is 46.2 Å². The number of nitrogens with one attached hydrogen (secondary N) is 1. The predicted octanol–water partition coefficient (Wildman–Crippen LogP) is 1.04. The Labute approximate surface area is 187 Å². The van der Waals surface area contributed by atoms with E-state index in [1.165, 1.54) is 12.3 Å². The number of hydrogen-bond acceptors (Lipinski definition) is 6. The monoisotopic (exact) mass is 450 g/mol. The molecule has 3 aromatic rings. The number of hydrogen-bond donors (Lipinski definition) is 2. The van der Waals surface area contributed by atoms with E-state index in [0.29, 0.717) is 11.7 Å². The molecule has 0 radical (unpaired) electrons. The second-order valence-electron chi connectivity index (χ2n) is 7.32. The average molecular weight is 450 g/mol. The zero-order valence-electron chi connectivity index (χ0n) is 17.3. The molecule has 4 rings (SSSR count). The normalized spacial score (nSPS) is 15.7. The summed E-state index contributed by atoms with van der Waals surface area (Å²) in [4.78, 5) is 56.4. The van der Waals surface area contributed by atoms with Crippen molar-refractivity contribution in [3.05, 3.63) is 66.2 Å². The van der Waals surface area contributed by atoms with Crippen LogP contribution in [0.1, 0.15) is 10.5 Å². The van der Waals surface area contributed by atoms with Gasteiger partial charge in [0, 0.05) is 11.6 Å². The number of amides is 3. The molecule has 1 aliphatic heterocycles. The average Bonchev–Trinajstić information content (AvgIpc) is 2.93. The van der Waals surface area contributed by atoms with Gasteiger partial charge in [0.15, 0.2) is 0 Å². The quantitative estimate of drug-likeness (QED) is 0.561. The summed E-state index contributed by atoms with van der Waals surface area (Å²) in [5.41, 5.74) is 0.190. The van der Waals surface area contributed by atoms with E-state index in [-0.39, 0.29) is 30.2 Å². The van der Waals surface area contributed by atoms with Crippen LogP contribution < -0.4 is 15.1 Å². The maximum atomic E-state index is 14.0. The summed E-state index contributed by atoms with van der Waals surface area (Å²) in [6.45, 7) is -1.65. The highest BCUT2D eigenvalue weighted by Crippen LogP contribution is 2.33. The maximum Gasteiger partial charge on any atom is 0.271 e. The van der Waals surface area contributed by atoms with E-state index in [1.807, 2.05) is 12.1 Å². The minimum Gasteiger partial charge on any atom is -0.387 e. The summed E-state index contributed by atoms with van der Waals surface area (Å²) in [6, 6.07) is 10.9. The SMILES string of the molecule is O=CCN1C(=O)[C@@H](NC(=O)c2nccc3ccccc23)CN(C(=O)CO)c2cc(F)ccc21. The lowest BCUT2D eigenvalue weighted by atomic mass is 10.1. The number of carbonyl (C=O) groups is 4. The molecule has 2 aromatic carbocycles. The summed E-state index contributed by atoms with van der Waals surface area (Å²) in [7, 11) is 0. The molecule has 0 bridgehead atoms. The molecule has 1 aliphatic rings. The second kappa shape index (κ2) is 9.13. The number of carbonyl (C=O) groups excluding carboxylic acids is 4. The first-order valence-electron chi connectivity index (χ1n) is 10.0. The molecule has 3 amide bonds. The third kappa shape index (κ3) is 4.15. The van der Waals surface area contributed by atoms with Crippen LogP contribution in [0.3, 0.4) is 0 Å². The van der Waals surface area contributed by atoms with E-state index in [0.717, 1.165) is 27.3 Å². The molecule has 10 heteroatoms. The highest BCUT2D eigenvalue weighted by atomic mass is 19.1. The highest BCUT2D eigenvalue weighted by Gasteiger charge is 2.37. The number of aliphatic hydroxyl groups is 1. The largest absolute Gasteiger partial charge is 0.387 e. The maximum absolute atomic E-state index is 14.0.